The zero-order chi connectivity index (χ0) is 18.5. The Morgan fingerprint density at radius 2 is 1.54 bits per heavy atom. The summed E-state index contributed by atoms with van der Waals surface area (Å²) in [6, 6.07) is 22.9. The van der Waals surface area contributed by atoms with E-state index in [1.54, 1.807) is 36.4 Å². The van der Waals surface area contributed by atoms with Crippen molar-refractivity contribution in [3.8, 4) is 0 Å². The molecular formula is C21H18N2O3. The van der Waals surface area contributed by atoms with Crippen LogP contribution in [0.25, 0.3) is 0 Å². The molecule has 130 valence electrons. The Balaban J connectivity index is 2.05. The molecule has 3 aromatic rings. The van der Waals surface area contributed by atoms with Crippen molar-refractivity contribution >= 4 is 22.8 Å². The average molecular weight is 346 g/mol. The van der Waals surface area contributed by atoms with Gasteiger partial charge in [-0.25, -0.2) is 0 Å². The third kappa shape index (κ3) is 3.47. The molecule has 0 saturated carbocycles. The molecule has 0 saturated heterocycles. The lowest BCUT2D eigenvalue weighted by atomic mass is 10.0. The van der Waals surface area contributed by atoms with Crippen LogP contribution < -0.4 is 4.90 Å². The predicted molar refractivity (Wildman–Crippen MR) is 102 cm³/mol. The Hall–Kier alpha value is -3.47. The largest absolute Gasteiger partial charge is 0.336 e. The minimum atomic E-state index is -0.442. The SMILES string of the molecule is CCN(c1ccccc1)c1ccc(C(=O)c2ccccc2)cc1[N+](=O)[O-]. The molecule has 0 radical (unpaired) electrons. The van der Waals surface area contributed by atoms with Crippen LogP contribution in [0.2, 0.25) is 0 Å². The Morgan fingerprint density at radius 1 is 0.923 bits per heavy atom. The summed E-state index contributed by atoms with van der Waals surface area (Å²) in [5, 5.41) is 11.7. The van der Waals surface area contributed by atoms with Gasteiger partial charge < -0.3 is 4.90 Å². The van der Waals surface area contributed by atoms with E-state index in [0.717, 1.165) is 5.69 Å². The second kappa shape index (κ2) is 7.61. The topological polar surface area (TPSA) is 63.5 Å². The van der Waals surface area contributed by atoms with Gasteiger partial charge in [-0.05, 0) is 31.2 Å². The summed E-state index contributed by atoms with van der Waals surface area (Å²) in [5.41, 5.74) is 2.05. The van der Waals surface area contributed by atoms with Crippen LogP contribution in [0.5, 0.6) is 0 Å². The fourth-order valence-electron chi connectivity index (χ4n) is 2.90. The number of anilines is 2. The monoisotopic (exact) mass is 346 g/mol. The van der Waals surface area contributed by atoms with Crippen LogP contribution in [-0.2, 0) is 0 Å². The molecule has 0 heterocycles. The van der Waals surface area contributed by atoms with Gasteiger partial charge in [0.2, 0.25) is 0 Å². The van der Waals surface area contributed by atoms with Crippen LogP contribution in [0.15, 0.2) is 78.9 Å². The molecule has 26 heavy (non-hydrogen) atoms. The first-order valence-corrected chi connectivity index (χ1v) is 8.32. The number of carbonyl (C=O) groups is 1. The quantitative estimate of drug-likeness (QED) is 0.358. The van der Waals surface area contributed by atoms with E-state index < -0.39 is 4.92 Å². The minimum absolute atomic E-state index is 0.0857. The number of hydrogen-bond donors (Lipinski definition) is 0. The summed E-state index contributed by atoms with van der Waals surface area (Å²) in [7, 11) is 0. The summed E-state index contributed by atoms with van der Waals surface area (Å²) >= 11 is 0. The Bertz CT molecular complexity index is 925. The highest BCUT2D eigenvalue weighted by molar-refractivity contribution is 6.09. The van der Waals surface area contributed by atoms with E-state index in [0.29, 0.717) is 23.4 Å². The van der Waals surface area contributed by atoms with Gasteiger partial charge in [0.25, 0.3) is 5.69 Å². The summed E-state index contributed by atoms with van der Waals surface area (Å²) in [5.74, 6) is -0.233. The van der Waals surface area contributed by atoms with Crippen molar-refractivity contribution in [2.45, 2.75) is 6.92 Å². The van der Waals surface area contributed by atoms with Crippen molar-refractivity contribution in [1.29, 1.82) is 0 Å². The lowest BCUT2D eigenvalue weighted by molar-refractivity contribution is -0.384. The number of nitro benzene ring substituents is 1. The average Bonchev–Trinajstić information content (AvgIpc) is 2.69. The number of ketones is 1. The molecule has 0 aromatic heterocycles. The van der Waals surface area contributed by atoms with Crippen molar-refractivity contribution in [3.05, 3.63) is 100 Å². The number of hydrogen-bond acceptors (Lipinski definition) is 4. The van der Waals surface area contributed by atoms with Crippen molar-refractivity contribution < 1.29 is 9.72 Å². The van der Waals surface area contributed by atoms with Crippen LogP contribution in [0.4, 0.5) is 17.1 Å². The molecule has 0 aliphatic carbocycles. The molecule has 3 aromatic carbocycles. The van der Waals surface area contributed by atoms with Crippen LogP contribution in [-0.4, -0.2) is 17.3 Å². The van der Waals surface area contributed by atoms with Crippen LogP contribution in [0.3, 0.4) is 0 Å². The number of carbonyl (C=O) groups excluding carboxylic acids is 1. The van der Waals surface area contributed by atoms with E-state index in [1.165, 1.54) is 6.07 Å². The highest BCUT2D eigenvalue weighted by Crippen LogP contribution is 2.34. The van der Waals surface area contributed by atoms with E-state index in [4.69, 9.17) is 0 Å². The molecule has 5 nitrogen and oxygen atoms in total. The molecule has 0 N–H and O–H groups in total. The van der Waals surface area contributed by atoms with Gasteiger partial charge in [-0.15, -0.1) is 0 Å². The van der Waals surface area contributed by atoms with E-state index in [1.807, 2.05) is 48.2 Å². The normalized spacial score (nSPS) is 10.3. The minimum Gasteiger partial charge on any atom is -0.336 e. The fourth-order valence-corrected chi connectivity index (χ4v) is 2.90. The number of nitrogens with zero attached hydrogens (tertiary/aromatic N) is 2. The highest BCUT2D eigenvalue weighted by Gasteiger charge is 2.22. The number of nitro groups is 1. The lowest BCUT2D eigenvalue weighted by Crippen LogP contribution is -2.17. The fraction of sp³-hybridized carbons (Fsp3) is 0.0952. The van der Waals surface area contributed by atoms with Crippen molar-refractivity contribution in [2.24, 2.45) is 0 Å². The van der Waals surface area contributed by atoms with Crippen LogP contribution >= 0.6 is 0 Å². The highest BCUT2D eigenvalue weighted by atomic mass is 16.6. The molecule has 0 aliphatic heterocycles. The first kappa shape index (κ1) is 17.4. The van der Waals surface area contributed by atoms with Gasteiger partial charge >= 0.3 is 0 Å². The molecule has 5 heteroatoms. The molecular weight excluding hydrogens is 328 g/mol. The smallest absolute Gasteiger partial charge is 0.293 e. The number of benzene rings is 3. The zero-order valence-electron chi connectivity index (χ0n) is 14.3. The lowest BCUT2D eigenvalue weighted by Gasteiger charge is -2.23. The standard InChI is InChI=1S/C21H18N2O3/c1-2-22(18-11-7-4-8-12-18)19-14-13-17(15-20(19)23(25)26)21(24)16-9-5-3-6-10-16/h3-15H,2H2,1H3. The van der Waals surface area contributed by atoms with Crippen LogP contribution in [0, 0.1) is 10.1 Å². The summed E-state index contributed by atoms with van der Waals surface area (Å²) < 4.78 is 0. The summed E-state index contributed by atoms with van der Waals surface area (Å²) in [6.45, 7) is 2.50. The van der Waals surface area contributed by atoms with Gasteiger partial charge in [0, 0.05) is 29.4 Å². The van der Waals surface area contributed by atoms with Crippen LogP contribution in [0.1, 0.15) is 22.8 Å². The van der Waals surface area contributed by atoms with E-state index in [9.17, 15) is 14.9 Å². The second-order valence-corrected chi connectivity index (χ2v) is 5.74. The first-order chi connectivity index (χ1) is 12.6. The van der Waals surface area contributed by atoms with Gasteiger partial charge in [-0.1, -0.05) is 48.5 Å². The Kier molecular flexibility index (Phi) is 5.08. The maximum atomic E-state index is 12.6. The number of rotatable bonds is 6. The second-order valence-electron chi connectivity index (χ2n) is 5.74. The Labute approximate surface area is 151 Å². The summed E-state index contributed by atoms with van der Waals surface area (Å²) in [6.07, 6.45) is 0. The van der Waals surface area contributed by atoms with Gasteiger partial charge in [0.1, 0.15) is 5.69 Å². The first-order valence-electron chi connectivity index (χ1n) is 8.32. The van der Waals surface area contributed by atoms with Gasteiger partial charge in [-0.3, -0.25) is 14.9 Å². The predicted octanol–water partition coefficient (Wildman–Crippen LogP) is 4.98. The van der Waals surface area contributed by atoms with Crippen molar-refractivity contribution in [3.63, 3.8) is 0 Å². The maximum Gasteiger partial charge on any atom is 0.293 e. The van der Waals surface area contributed by atoms with Gasteiger partial charge in [0.15, 0.2) is 5.78 Å². The molecule has 0 atom stereocenters. The van der Waals surface area contributed by atoms with E-state index >= 15 is 0 Å². The molecule has 0 aliphatic rings. The molecule has 0 fully saturated rings. The maximum absolute atomic E-state index is 12.6. The van der Waals surface area contributed by atoms with E-state index in [2.05, 4.69) is 0 Å². The Morgan fingerprint density at radius 3 is 2.12 bits per heavy atom. The molecule has 0 amide bonds. The molecule has 0 bridgehead atoms. The van der Waals surface area contributed by atoms with Crippen molar-refractivity contribution in [2.75, 3.05) is 11.4 Å². The van der Waals surface area contributed by atoms with Gasteiger partial charge in [0.05, 0.1) is 4.92 Å². The molecule has 0 spiro atoms. The van der Waals surface area contributed by atoms with Gasteiger partial charge in [-0.2, -0.15) is 0 Å². The third-order valence-electron chi connectivity index (χ3n) is 4.15. The van der Waals surface area contributed by atoms with E-state index in [-0.39, 0.29) is 11.5 Å². The number of para-hydroxylation sites is 1. The third-order valence-corrected chi connectivity index (χ3v) is 4.15. The molecule has 3 rings (SSSR count). The molecule has 0 unspecified atom stereocenters. The van der Waals surface area contributed by atoms with Crippen molar-refractivity contribution in [1.82, 2.24) is 0 Å². The zero-order valence-corrected chi connectivity index (χ0v) is 14.3. The summed E-state index contributed by atoms with van der Waals surface area (Å²) in [4.78, 5) is 25.7.